The summed E-state index contributed by atoms with van der Waals surface area (Å²) in [5, 5.41) is 4.70. The lowest BCUT2D eigenvalue weighted by atomic mass is 9.92. The molecule has 0 radical (unpaired) electrons. The highest BCUT2D eigenvalue weighted by Gasteiger charge is 2.30. The molecule has 0 N–H and O–H groups in total. The van der Waals surface area contributed by atoms with Gasteiger partial charge in [-0.05, 0) is 26.8 Å². The summed E-state index contributed by atoms with van der Waals surface area (Å²) in [7, 11) is 0. The molecule has 2 heterocycles. The van der Waals surface area contributed by atoms with Crippen molar-refractivity contribution in [2.75, 3.05) is 0 Å². The summed E-state index contributed by atoms with van der Waals surface area (Å²) in [4.78, 5) is 2.45. The minimum Gasteiger partial charge on any atom is -0.274 e. The highest BCUT2D eigenvalue weighted by atomic mass is 15.4. The average molecular weight is 221 g/mol. The third-order valence-corrected chi connectivity index (χ3v) is 3.24. The molecule has 0 unspecified atom stereocenters. The van der Waals surface area contributed by atoms with E-state index in [1.807, 2.05) is 0 Å². The zero-order valence-corrected chi connectivity index (χ0v) is 11.3. The van der Waals surface area contributed by atoms with E-state index in [1.165, 1.54) is 11.4 Å². The Balaban J connectivity index is 2.21. The van der Waals surface area contributed by atoms with Gasteiger partial charge >= 0.3 is 0 Å². The van der Waals surface area contributed by atoms with Crippen molar-refractivity contribution in [2.24, 2.45) is 0 Å². The molecule has 0 spiro atoms. The topological polar surface area (TPSA) is 21.1 Å². The van der Waals surface area contributed by atoms with E-state index in [0.29, 0.717) is 0 Å². The van der Waals surface area contributed by atoms with E-state index in [4.69, 9.17) is 5.10 Å². The first-order chi connectivity index (χ1) is 7.18. The van der Waals surface area contributed by atoms with Crippen LogP contribution >= 0.6 is 0 Å². The third kappa shape index (κ3) is 2.01. The van der Waals surface area contributed by atoms with Gasteiger partial charge in [0, 0.05) is 17.5 Å². The summed E-state index contributed by atoms with van der Waals surface area (Å²) in [6.07, 6.45) is 0. The van der Waals surface area contributed by atoms with Crippen molar-refractivity contribution in [1.82, 2.24) is 14.7 Å². The van der Waals surface area contributed by atoms with Crippen LogP contribution in [0.4, 0.5) is 0 Å². The number of hydrogen-bond donors (Lipinski definition) is 0. The molecule has 3 heteroatoms. The number of aromatic nitrogens is 2. The van der Waals surface area contributed by atoms with Gasteiger partial charge in [-0.15, -0.1) is 0 Å². The molecule has 0 saturated carbocycles. The minimum absolute atomic E-state index is 0.157. The molecule has 0 amide bonds. The maximum atomic E-state index is 4.70. The Morgan fingerprint density at radius 3 is 2.19 bits per heavy atom. The monoisotopic (exact) mass is 221 g/mol. The predicted octanol–water partition coefficient (Wildman–Crippen LogP) is 2.75. The lowest BCUT2D eigenvalue weighted by molar-refractivity contribution is 0.115. The Bertz CT molecular complexity index is 367. The van der Waals surface area contributed by atoms with E-state index in [9.17, 15) is 0 Å². The normalized spacial score (nSPS) is 17.9. The number of fused-ring (bicyclic) bond motifs is 1. The molecule has 1 aliphatic heterocycles. The van der Waals surface area contributed by atoms with Crippen LogP contribution in [0.25, 0.3) is 0 Å². The van der Waals surface area contributed by atoms with Crippen LogP contribution in [-0.4, -0.2) is 20.2 Å². The first-order valence-corrected chi connectivity index (χ1v) is 6.00. The van der Waals surface area contributed by atoms with E-state index in [1.54, 1.807) is 0 Å². The molecule has 0 bridgehead atoms. The van der Waals surface area contributed by atoms with Crippen molar-refractivity contribution in [3.8, 4) is 0 Å². The summed E-state index contributed by atoms with van der Waals surface area (Å²) in [5.74, 6) is 0. The minimum atomic E-state index is 0.157. The molecule has 16 heavy (non-hydrogen) atoms. The molecule has 1 aliphatic rings. The highest BCUT2D eigenvalue weighted by Crippen LogP contribution is 2.28. The molecule has 0 atom stereocenters. The summed E-state index contributed by atoms with van der Waals surface area (Å²) in [5.41, 5.74) is 2.93. The fourth-order valence-corrected chi connectivity index (χ4v) is 1.93. The molecule has 3 nitrogen and oxygen atoms in total. The number of rotatable bonds is 0. The van der Waals surface area contributed by atoms with Crippen LogP contribution in [0.15, 0.2) is 6.07 Å². The van der Waals surface area contributed by atoms with Gasteiger partial charge in [0.25, 0.3) is 0 Å². The smallest absolute Gasteiger partial charge is 0.0940 e. The quantitative estimate of drug-likeness (QED) is 0.671. The van der Waals surface area contributed by atoms with Crippen molar-refractivity contribution < 1.29 is 0 Å². The predicted molar refractivity (Wildman–Crippen MR) is 66.2 cm³/mol. The number of nitrogens with zero attached hydrogens (tertiary/aromatic N) is 3. The largest absolute Gasteiger partial charge is 0.274 e. The lowest BCUT2D eigenvalue weighted by Crippen LogP contribution is -2.37. The van der Waals surface area contributed by atoms with Crippen LogP contribution in [0.1, 0.15) is 52.9 Å². The summed E-state index contributed by atoms with van der Waals surface area (Å²) >= 11 is 0. The van der Waals surface area contributed by atoms with E-state index in [0.717, 1.165) is 13.2 Å². The zero-order valence-electron chi connectivity index (χ0n) is 11.3. The van der Waals surface area contributed by atoms with Crippen LogP contribution in [0.2, 0.25) is 0 Å². The van der Waals surface area contributed by atoms with Crippen molar-refractivity contribution in [1.29, 1.82) is 0 Å². The van der Waals surface area contributed by atoms with Gasteiger partial charge in [0.15, 0.2) is 0 Å². The molecule has 0 aliphatic carbocycles. The second kappa shape index (κ2) is 3.33. The van der Waals surface area contributed by atoms with Crippen LogP contribution in [0, 0.1) is 0 Å². The molecule has 1 aromatic rings. The van der Waals surface area contributed by atoms with Gasteiger partial charge in [0.05, 0.1) is 18.1 Å². The van der Waals surface area contributed by atoms with Gasteiger partial charge < -0.3 is 0 Å². The van der Waals surface area contributed by atoms with Gasteiger partial charge in [0.1, 0.15) is 0 Å². The van der Waals surface area contributed by atoms with Crippen molar-refractivity contribution in [2.45, 2.75) is 65.7 Å². The molecule has 0 saturated heterocycles. The fraction of sp³-hybridized carbons (Fsp3) is 0.769. The molecule has 0 aromatic carbocycles. The highest BCUT2D eigenvalue weighted by molar-refractivity contribution is 5.19. The van der Waals surface area contributed by atoms with Crippen LogP contribution in [-0.2, 0) is 18.6 Å². The molecular formula is C13H23N3. The molecule has 1 aromatic heterocycles. The Labute approximate surface area is 98.4 Å². The van der Waals surface area contributed by atoms with Gasteiger partial charge in [-0.2, -0.15) is 5.10 Å². The fourth-order valence-electron chi connectivity index (χ4n) is 1.93. The van der Waals surface area contributed by atoms with Crippen LogP contribution in [0.3, 0.4) is 0 Å². The van der Waals surface area contributed by atoms with Gasteiger partial charge in [-0.3, -0.25) is 9.58 Å². The molecule has 2 rings (SSSR count). The first-order valence-electron chi connectivity index (χ1n) is 6.00. The summed E-state index contributed by atoms with van der Waals surface area (Å²) in [6, 6.07) is 2.26. The average Bonchev–Trinajstić information content (AvgIpc) is 2.53. The van der Waals surface area contributed by atoms with Gasteiger partial charge in [0.2, 0.25) is 0 Å². The lowest BCUT2D eigenvalue weighted by Gasteiger charge is -2.30. The second-order valence-corrected chi connectivity index (χ2v) is 6.78. The van der Waals surface area contributed by atoms with Crippen LogP contribution in [0.5, 0.6) is 0 Å². The molecular weight excluding hydrogens is 198 g/mol. The Kier molecular flexibility index (Phi) is 2.42. The molecule has 90 valence electrons. The Morgan fingerprint density at radius 1 is 1.12 bits per heavy atom. The maximum Gasteiger partial charge on any atom is 0.0940 e. The van der Waals surface area contributed by atoms with Crippen molar-refractivity contribution >= 4 is 0 Å². The van der Waals surface area contributed by atoms with Gasteiger partial charge in [-0.1, -0.05) is 20.8 Å². The summed E-state index contributed by atoms with van der Waals surface area (Å²) < 4.78 is 2.14. The van der Waals surface area contributed by atoms with Crippen LogP contribution < -0.4 is 0 Å². The van der Waals surface area contributed by atoms with E-state index in [-0.39, 0.29) is 11.0 Å². The van der Waals surface area contributed by atoms with Crippen molar-refractivity contribution in [3.05, 3.63) is 17.5 Å². The standard InChI is InChI=1S/C13H23N3/c1-12(2,3)11-7-10-8-15(13(4,5)6)9-16(10)14-11/h7H,8-9H2,1-6H3. The van der Waals surface area contributed by atoms with Gasteiger partial charge in [-0.25, -0.2) is 0 Å². The van der Waals surface area contributed by atoms with E-state index in [2.05, 4.69) is 57.2 Å². The Hall–Kier alpha value is -0.830. The second-order valence-electron chi connectivity index (χ2n) is 6.78. The summed E-state index contributed by atoms with van der Waals surface area (Å²) in [6.45, 7) is 15.4. The SMILES string of the molecule is CC(C)(C)c1cc2n(n1)CN(C(C)(C)C)C2. The van der Waals surface area contributed by atoms with E-state index < -0.39 is 0 Å². The zero-order chi connectivity index (χ0) is 12.1. The molecule has 0 fully saturated rings. The van der Waals surface area contributed by atoms with E-state index >= 15 is 0 Å². The number of hydrogen-bond acceptors (Lipinski definition) is 2. The third-order valence-electron chi connectivity index (χ3n) is 3.24. The van der Waals surface area contributed by atoms with Crippen molar-refractivity contribution in [3.63, 3.8) is 0 Å². The Morgan fingerprint density at radius 2 is 1.75 bits per heavy atom. The first kappa shape index (κ1) is 11.6. The maximum absolute atomic E-state index is 4.70.